The van der Waals surface area contributed by atoms with E-state index in [1.807, 2.05) is 48.7 Å². The minimum Gasteiger partial charge on any atom is -0.493 e. The van der Waals surface area contributed by atoms with Crippen LogP contribution in [0.25, 0.3) is 21.7 Å². The van der Waals surface area contributed by atoms with Crippen molar-refractivity contribution in [1.82, 2.24) is 4.57 Å². The number of carboxylic acid groups (broad SMARTS) is 1. The molecule has 0 unspecified atom stereocenters. The number of carboxylic acids is 1. The fraction of sp³-hybridized carbons (Fsp3) is 0.174. The van der Waals surface area contributed by atoms with Gasteiger partial charge in [0.2, 0.25) is 0 Å². The summed E-state index contributed by atoms with van der Waals surface area (Å²) in [5.41, 5.74) is 2.12. The van der Waals surface area contributed by atoms with Crippen molar-refractivity contribution < 1.29 is 14.6 Å². The van der Waals surface area contributed by atoms with Gasteiger partial charge in [0.15, 0.2) is 0 Å². The molecule has 4 heteroatoms. The van der Waals surface area contributed by atoms with Gasteiger partial charge in [-0.15, -0.1) is 0 Å². The molecule has 0 aliphatic heterocycles. The van der Waals surface area contributed by atoms with Crippen molar-refractivity contribution in [2.24, 2.45) is 0 Å². The van der Waals surface area contributed by atoms with Gasteiger partial charge >= 0.3 is 5.97 Å². The molecule has 0 bridgehead atoms. The van der Waals surface area contributed by atoms with Gasteiger partial charge in [0.1, 0.15) is 12.3 Å². The van der Waals surface area contributed by atoms with E-state index in [4.69, 9.17) is 9.84 Å². The van der Waals surface area contributed by atoms with E-state index in [0.717, 1.165) is 40.4 Å². The fourth-order valence-electron chi connectivity index (χ4n) is 3.56. The number of aliphatic carboxylic acids is 1. The number of fused-ring (bicyclic) bond motifs is 2. The standard InChI is InChI=1S/C23H21NO3/c25-23(26)16-24-15-18(19-10-3-4-12-21(19)24)9-6-14-27-22-13-5-8-17-7-1-2-11-20(17)22/h1-5,7-8,10-13,15H,6,9,14,16H2,(H,25,26). The number of benzene rings is 3. The molecular weight excluding hydrogens is 338 g/mol. The monoisotopic (exact) mass is 359 g/mol. The molecule has 0 saturated carbocycles. The topological polar surface area (TPSA) is 51.5 Å². The van der Waals surface area contributed by atoms with Gasteiger partial charge in [-0.1, -0.05) is 54.6 Å². The lowest BCUT2D eigenvalue weighted by Gasteiger charge is -2.09. The molecule has 4 rings (SSSR count). The second kappa shape index (κ2) is 7.54. The summed E-state index contributed by atoms with van der Waals surface area (Å²) in [4.78, 5) is 11.1. The molecule has 0 fully saturated rings. The molecule has 0 amide bonds. The van der Waals surface area contributed by atoms with Crippen LogP contribution in [0.1, 0.15) is 12.0 Å². The molecule has 0 spiro atoms. The van der Waals surface area contributed by atoms with Gasteiger partial charge in [0.05, 0.1) is 6.61 Å². The van der Waals surface area contributed by atoms with Crippen LogP contribution in [0, 0.1) is 0 Å². The maximum absolute atomic E-state index is 11.1. The van der Waals surface area contributed by atoms with Crippen LogP contribution in [0.5, 0.6) is 5.75 Å². The lowest BCUT2D eigenvalue weighted by atomic mass is 10.1. The highest BCUT2D eigenvalue weighted by Gasteiger charge is 2.10. The summed E-state index contributed by atoms with van der Waals surface area (Å²) in [6, 6.07) is 22.2. The van der Waals surface area contributed by atoms with Gasteiger partial charge in [-0.3, -0.25) is 4.79 Å². The van der Waals surface area contributed by atoms with Crippen LogP contribution in [0.2, 0.25) is 0 Å². The summed E-state index contributed by atoms with van der Waals surface area (Å²) in [6.45, 7) is 0.597. The van der Waals surface area contributed by atoms with Crippen molar-refractivity contribution in [3.63, 3.8) is 0 Å². The number of hydrogen-bond donors (Lipinski definition) is 1. The van der Waals surface area contributed by atoms with Gasteiger partial charge in [-0.25, -0.2) is 0 Å². The first-order valence-corrected chi connectivity index (χ1v) is 9.11. The number of ether oxygens (including phenoxy) is 1. The van der Waals surface area contributed by atoms with E-state index in [-0.39, 0.29) is 6.54 Å². The normalized spacial score (nSPS) is 11.1. The Kier molecular flexibility index (Phi) is 4.79. The number of para-hydroxylation sites is 1. The number of nitrogens with zero attached hydrogens (tertiary/aromatic N) is 1. The molecule has 0 radical (unpaired) electrons. The second-order valence-corrected chi connectivity index (χ2v) is 6.62. The van der Waals surface area contributed by atoms with E-state index in [1.54, 1.807) is 4.57 Å². The van der Waals surface area contributed by atoms with Crippen molar-refractivity contribution in [2.75, 3.05) is 6.61 Å². The predicted molar refractivity (Wildman–Crippen MR) is 107 cm³/mol. The first-order chi connectivity index (χ1) is 13.2. The molecule has 1 N–H and O–H groups in total. The first kappa shape index (κ1) is 17.2. The first-order valence-electron chi connectivity index (χ1n) is 9.11. The number of rotatable bonds is 7. The summed E-state index contributed by atoms with van der Waals surface area (Å²) in [6.07, 6.45) is 3.67. The minimum absolute atomic E-state index is 0.0208. The Bertz CT molecular complexity index is 1090. The predicted octanol–water partition coefficient (Wildman–Crippen LogP) is 4.89. The zero-order valence-corrected chi connectivity index (χ0v) is 15.0. The molecule has 1 aromatic heterocycles. The van der Waals surface area contributed by atoms with Gasteiger partial charge in [0, 0.05) is 22.5 Å². The molecule has 4 nitrogen and oxygen atoms in total. The third-order valence-corrected chi connectivity index (χ3v) is 4.77. The Labute approximate surface area is 157 Å². The molecule has 136 valence electrons. The molecular formula is C23H21NO3. The van der Waals surface area contributed by atoms with Crippen LogP contribution in [0.3, 0.4) is 0 Å². The summed E-state index contributed by atoms with van der Waals surface area (Å²) in [5.74, 6) is 0.0722. The highest BCUT2D eigenvalue weighted by molar-refractivity contribution is 5.88. The van der Waals surface area contributed by atoms with Crippen LogP contribution in [-0.2, 0) is 17.8 Å². The number of carbonyl (C=O) groups is 1. The Morgan fingerprint density at radius 3 is 2.52 bits per heavy atom. The largest absolute Gasteiger partial charge is 0.493 e. The molecule has 0 atom stereocenters. The maximum Gasteiger partial charge on any atom is 0.323 e. The summed E-state index contributed by atoms with van der Waals surface area (Å²) in [7, 11) is 0. The fourth-order valence-corrected chi connectivity index (χ4v) is 3.56. The molecule has 4 aromatic rings. The van der Waals surface area contributed by atoms with Gasteiger partial charge < -0.3 is 14.4 Å². The van der Waals surface area contributed by atoms with Gasteiger partial charge in [-0.2, -0.15) is 0 Å². The Morgan fingerprint density at radius 1 is 0.926 bits per heavy atom. The van der Waals surface area contributed by atoms with E-state index in [2.05, 4.69) is 24.3 Å². The Hall–Kier alpha value is -3.27. The van der Waals surface area contributed by atoms with Crippen LogP contribution < -0.4 is 4.74 Å². The number of aromatic nitrogens is 1. The Morgan fingerprint density at radius 2 is 1.67 bits per heavy atom. The lowest BCUT2D eigenvalue weighted by Crippen LogP contribution is -2.07. The SMILES string of the molecule is O=C(O)Cn1cc(CCCOc2cccc3ccccc23)c2ccccc21. The lowest BCUT2D eigenvalue weighted by molar-refractivity contribution is -0.137. The van der Waals surface area contributed by atoms with Crippen molar-refractivity contribution in [2.45, 2.75) is 19.4 Å². The van der Waals surface area contributed by atoms with Crippen molar-refractivity contribution in [3.05, 3.63) is 78.5 Å². The highest BCUT2D eigenvalue weighted by Crippen LogP contribution is 2.26. The number of hydrogen-bond acceptors (Lipinski definition) is 2. The summed E-state index contributed by atoms with van der Waals surface area (Å²) in [5, 5.41) is 12.5. The molecule has 1 heterocycles. The highest BCUT2D eigenvalue weighted by atomic mass is 16.5. The van der Waals surface area contributed by atoms with E-state index >= 15 is 0 Å². The van der Waals surface area contributed by atoms with Gasteiger partial charge in [-0.05, 0) is 35.9 Å². The van der Waals surface area contributed by atoms with Crippen LogP contribution in [-0.4, -0.2) is 22.2 Å². The summed E-state index contributed by atoms with van der Waals surface area (Å²) >= 11 is 0. The number of aryl methyl sites for hydroxylation is 1. The van der Waals surface area contributed by atoms with Crippen molar-refractivity contribution in [1.29, 1.82) is 0 Å². The molecule has 0 aliphatic rings. The minimum atomic E-state index is -0.832. The zero-order valence-electron chi connectivity index (χ0n) is 15.0. The Balaban J connectivity index is 1.45. The average molecular weight is 359 g/mol. The van der Waals surface area contributed by atoms with E-state index < -0.39 is 5.97 Å². The van der Waals surface area contributed by atoms with Crippen LogP contribution in [0.15, 0.2) is 72.9 Å². The summed E-state index contributed by atoms with van der Waals surface area (Å²) < 4.78 is 7.83. The molecule has 27 heavy (non-hydrogen) atoms. The second-order valence-electron chi connectivity index (χ2n) is 6.62. The van der Waals surface area contributed by atoms with E-state index in [0.29, 0.717) is 6.61 Å². The van der Waals surface area contributed by atoms with Crippen molar-refractivity contribution in [3.8, 4) is 5.75 Å². The molecule has 0 saturated heterocycles. The molecule has 3 aromatic carbocycles. The smallest absolute Gasteiger partial charge is 0.323 e. The molecule has 0 aliphatic carbocycles. The zero-order chi connectivity index (χ0) is 18.6. The maximum atomic E-state index is 11.1. The van der Waals surface area contributed by atoms with E-state index in [1.165, 1.54) is 5.39 Å². The van der Waals surface area contributed by atoms with Crippen molar-refractivity contribution >= 4 is 27.6 Å². The third kappa shape index (κ3) is 3.65. The third-order valence-electron chi connectivity index (χ3n) is 4.77. The quantitative estimate of drug-likeness (QED) is 0.478. The van der Waals surface area contributed by atoms with Crippen LogP contribution in [0.4, 0.5) is 0 Å². The van der Waals surface area contributed by atoms with E-state index in [9.17, 15) is 4.79 Å². The van der Waals surface area contributed by atoms with Crippen LogP contribution >= 0.6 is 0 Å². The average Bonchev–Trinajstić information content (AvgIpc) is 3.02. The van der Waals surface area contributed by atoms with Gasteiger partial charge in [0.25, 0.3) is 0 Å².